The van der Waals surface area contributed by atoms with Crippen molar-refractivity contribution >= 4 is 38.7 Å². The maximum absolute atomic E-state index is 12.5. The number of benzene rings is 2. The summed E-state index contributed by atoms with van der Waals surface area (Å²) in [7, 11) is 1.65. The predicted octanol–water partition coefficient (Wildman–Crippen LogP) is 5.13. The molecular formula is C24H23BrN4O2. The Balaban J connectivity index is 1.51. The molecule has 1 amide bonds. The van der Waals surface area contributed by atoms with Crippen LogP contribution in [0.1, 0.15) is 23.4 Å². The number of ether oxygens (including phenoxy) is 1. The highest BCUT2D eigenvalue weighted by atomic mass is 79.9. The first kappa shape index (κ1) is 21.1. The number of hydrogen-bond donors (Lipinski definition) is 1. The van der Waals surface area contributed by atoms with Crippen LogP contribution in [-0.2, 0) is 17.8 Å². The van der Waals surface area contributed by atoms with Crippen LogP contribution in [0.25, 0.3) is 11.2 Å². The van der Waals surface area contributed by atoms with Crippen LogP contribution in [0, 0.1) is 6.92 Å². The molecule has 1 N–H and O–H groups in total. The minimum absolute atomic E-state index is 0.0438. The average molecular weight is 479 g/mol. The zero-order valence-electron chi connectivity index (χ0n) is 17.4. The molecule has 2 heterocycles. The minimum atomic E-state index is -0.0438. The number of pyridine rings is 1. The van der Waals surface area contributed by atoms with E-state index in [-0.39, 0.29) is 5.91 Å². The van der Waals surface area contributed by atoms with Crippen LogP contribution in [0.3, 0.4) is 0 Å². The van der Waals surface area contributed by atoms with Crippen molar-refractivity contribution in [2.45, 2.75) is 26.3 Å². The third-order valence-electron chi connectivity index (χ3n) is 5.10. The van der Waals surface area contributed by atoms with Crippen LogP contribution < -0.4 is 10.1 Å². The quantitative estimate of drug-likeness (QED) is 0.399. The number of methoxy groups -OCH3 is 1. The maximum Gasteiger partial charge on any atom is 0.224 e. The molecule has 4 rings (SSSR count). The molecule has 0 aliphatic carbocycles. The molecule has 158 valence electrons. The normalized spacial score (nSPS) is 10.9. The summed E-state index contributed by atoms with van der Waals surface area (Å²) in [4.78, 5) is 21.8. The molecule has 31 heavy (non-hydrogen) atoms. The van der Waals surface area contributed by atoms with Gasteiger partial charge in [-0.15, -0.1) is 0 Å². The number of anilines is 1. The first-order valence-corrected chi connectivity index (χ1v) is 10.8. The molecule has 0 saturated heterocycles. The summed E-state index contributed by atoms with van der Waals surface area (Å²) < 4.78 is 8.34. The molecular weight excluding hydrogens is 456 g/mol. The Kier molecular flexibility index (Phi) is 6.32. The molecule has 7 heteroatoms. The summed E-state index contributed by atoms with van der Waals surface area (Å²) in [6.07, 6.45) is 2.62. The zero-order valence-corrected chi connectivity index (χ0v) is 19.0. The topological polar surface area (TPSA) is 69.0 Å². The van der Waals surface area contributed by atoms with Crippen molar-refractivity contribution in [2.75, 3.05) is 12.4 Å². The van der Waals surface area contributed by atoms with Gasteiger partial charge in [-0.25, -0.2) is 9.97 Å². The summed E-state index contributed by atoms with van der Waals surface area (Å²) in [6.45, 7) is 2.62. The largest absolute Gasteiger partial charge is 0.497 e. The fraction of sp³-hybridized carbons (Fsp3) is 0.208. The molecule has 0 atom stereocenters. The second-order valence-electron chi connectivity index (χ2n) is 7.32. The molecule has 0 aliphatic rings. The Morgan fingerprint density at radius 2 is 1.97 bits per heavy atom. The van der Waals surface area contributed by atoms with E-state index in [9.17, 15) is 4.79 Å². The number of fused-ring (bicyclic) bond motifs is 1. The first-order chi connectivity index (χ1) is 15.0. The number of nitrogens with zero attached hydrogens (tertiary/aromatic N) is 3. The second kappa shape index (κ2) is 9.31. The fourth-order valence-corrected chi connectivity index (χ4v) is 3.69. The van der Waals surface area contributed by atoms with Gasteiger partial charge in [0.2, 0.25) is 5.91 Å². The van der Waals surface area contributed by atoms with E-state index in [2.05, 4.69) is 30.8 Å². The van der Waals surface area contributed by atoms with Crippen molar-refractivity contribution in [3.05, 3.63) is 82.2 Å². The van der Waals surface area contributed by atoms with Gasteiger partial charge in [-0.3, -0.25) is 4.79 Å². The van der Waals surface area contributed by atoms with Crippen LogP contribution in [0.5, 0.6) is 5.75 Å². The van der Waals surface area contributed by atoms with Gasteiger partial charge in [-0.05, 0) is 60.5 Å². The van der Waals surface area contributed by atoms with E-state index in [0.29, 0.717) is 19.4 Å². The van der Waals surface area contributed by atoms with Crippen LogP contribution in [-0.4, -0.2) is 27.6 Å². The Morgan fingerprint density at radius 3 is 2.71 bits per heavy atom. The average Bonchev–Trinajstić information content (AvgIpc) is 3.13. The molecule has 2 aromatic carbocycles. The van der Waals surface area contributed by atoms with E-state index in [4.69, 9.17) is 9.72 Å². The predicted molar refractivity (Wildman–Crippen MR) is 125 cm³/mol. The number of imidazole rings is 1. The highest BCUT2D eigenvalue weighted by Crippen LogP contribution is 2.21. The van der Waals surface area contributed by atoms with Gasteiger partial charge < -0.3 is 14.6 Å². The number of amides is 1. The zero-order chi connectivity index (χ0) is 21.8. The summed E-state index contributed by atoms with van der Waals surface area (Å²) in [5, 5.41) is 2.97. The second-order valence-corrected chi connectivity index (χ2v) is 8.17. The van der Waals surface area contributed by atoms with E-state index in [1.54, 1.807) is 13.3 Å². The molecule has 0 spiro atoms. The number of nitrogens with one attached hydrogen (secondary N) is 1. The van der Waals surface area contributed by atoms with E-state index < -0.39 is 0 Å². The number of aryl methyl sites for hydroxylation is 2. The third kappa shape index (κ3) is 4.94. The van der Waals surface area contributed by atoms with Crippen molar-refractivity contribution in [3.63, 3.8) is 0 Å². The monoisotopic (exact) mass is 478 g/mol. The van der Waals surface area contributed by atoms with Gasteiger partial charge in [-0.2, -0.15) is 0 Å². The van der Waals surface area contributed by atoms with Gasteiger partial charge in [0.1, 0.15) is 17.1 Å². The van der Waals surface area contributed by atoms with Gasteiger partial charge in [0.05, 0.1) is 13.7 Å². The van der Waals surface area contributed by atoms with Crippen LogP contribution >= 0.6 is 15.9 Å². The van der Waals surface area contributed by atoms with Gasteiger partial charge in [-0.1, -0.05) is 28.1 Å². The highest BCUT2D eigenvalue weighted by molar-refractivity contribution is 9.10. The van der Waals surface area contributed by atoms with Crippen molar-refractivity contribution < 1.29 is 9.53 Å². The van der Waals surface area contributed by atoms with E-state index in [1.165, 1.54) is 0 Å². The van der Waals surface area contributed by atoms with Gasteiger partial charge in [0, 0.05) is 29.2 Å². The standard InChI is InChI=1S/C24H23BrN4O2/c1-16-14-18(7-10-20(16)25)27-23(30)12-11-22-28-21-4-3-13-26-24(21)29(22)15-17-5-8-19(31-2)9-6-17/h3-10,13-14H,11-12,15H2,1-2H3,(H,27,30). The van der Waals surface area contributed by atoms with Gasteiger partial charge in [0.15, 0.2) is 5.65 Å². The van der Waals surface area contributed by atoms with Crippen molar-refractivity contribution in [1.82, 2.24) is 14.5 Å². The van der Waals surface area contributed by atoms with E-state index >= 15 is 0 Å². The van der Waals surface area contributed by atoms with E-state index in [0.717, 1.165) is 44.0 Å². The molecule has 0 saturated carbocycles. The highest BCUT2D eigenvalue weighted by Gasteiger charge is 2.14. The maximum atomic E-state index is 12.5. The molecule has 2 aromatic heterocycles. The third-order valence-corrected chi connectivity index (χ3v) is 5.99. The number of halogens is 1. The summed E-state index contributed by atoms with van der Waals surface area (Å²) in [6, 6.07) is 17.5. The van der Waals surface area contributed by atoms with Crippen LogP contribution in [0.15, 0.2) is 65.3 Å². The van der Waals surface area contributed by atoms with Gasteiger partial charge >= 0.3 is 0 Å². The SMILES string of the molecule is COc1ccc(Cn2c(CCC(=O)Nc3ccc(Br)c(C)c3)nc3cccnc32)cc1. The molecule has 0 radical (unpaired) electrons. The molecule has 0 fully saturated rings. The van der Waals surface area contributed by atoms with Crippen LogP contribution in [0.4, 0.5) is 5.69 Å². The Morgan fingerprint density at radius 1 is 1.16 bits per heavy atom. The number of carbonyl (C=O) groups is 1. The van der Waals surface area contributed by atoms with Crippen molar-refractivity contribution in [3.8, 4) is 5.75 Å². The Bertz CT molecular complexity index is 1220. The lowest BCUT2D eigenvalue weighted by molar-refractivity contribution is -0.116. The van der Waals surface area contributed by atoms with Crippen LogP contribution in [0.2, 0.25) is 0 Å². The van der Waals surface area contributed by atoms with E-state index in [1.807, 2.05) is 61.5 Å². The van der Waals surface area contributed by atoms with Crippen molar-refractivity contribution in [1.29, 1.82) is 0 Å². The summed E-state index contributed by atoms with van der Waals surface area (Å²) in [5.74, 6) is 1.61. The summed E-state index contributed by atoms with van der Waals surface area (Å²) >= 11 is 3.48. The molecule has 4 aromatic rings. The lowest BCUT2D eigenvalue weighted by atomic mass is 10.2. The van der Waals surface area contributed by atoms with Crippen molar-refractivity contribution in [2.24, 2.45) is 0 Å². The Hall–Kier alpha value is -3.19. The molecule has 0 unspecified atom stereocenters. The lowest BCUT2D eigenvalue weighted by Crippen LogP contribution is -2.14. The number of aromatic nitrogens is 3. The number of hydrogen-bond acceptors (Lipinski definition) is 4. The smallest absolute Gasteiger partial charge is 0.224 e. The molecule has 0 aliphatic heterocycles. The number of rotatable bonds is 7. The summed E-state index contributed by atoms with van der Waals surface area (Å²) in [5.41, 5.74) is 4.62. The lowest BCUT2D eigenvalue weighted by Gasteiger charge is -2.10. The van der Waals surface area contributed by atoms with Gasteiger partial charge in [0.25, 0.3) is 0 Å². The fourth-order valence-electron chi connectivity index (χ4n) is 3.45. The molecule has 6 nitrogen and oxygen atoms in total. The minimum Gasteiger partial charge on any atom is -0.497 e. The Labute approximate surface area is 189 Å². The molecule has 0 bridgehead atoms. The number of carbonyl (C=O) groups excluding carboxylic acids is 1. The first-order valence-electron chi connectivity index (χ1n) is 10.0.